The number of nitrogens with zero attached hydrogens (tertiary/aromatic N) is 1. The van der Waals surface area contributed by atoms with Crippen LogP contribution in [0.25, 0.3) is 22.2 Å². The molecule has 0 bridgehead atoms. The van der Waals surface area contributed by atoms with Crippen molar-refractivity contribution >= 4 is 70.3 Å². The molecule has 0 saturated heterocycles. The molecule has 1 amide bonds. The van der Waals surface area contributed by atoms with Crippen molar-refractivity contribution in [1.82, 2.24) is 4.98 Å². The molecule has 0 aliphatic carbocycles. The molecule has 1 heterocycles. The molecule has 0 aliphatic rings. The average molecular weight is 575 g/mol. The predicted octanol–water partition coefficient (Wildman–Crippen LogP) is 7.75. The van der Waals surface area contributed by atoms with Gasteiger partial charge < -0.3 is 5.32 Å². The van der Waals surface area contributed by atoms with Gasteiger partial charge in [-0.15, -0.1) is 0 Å². The fourth-order valence-corrected chi connectivity index (χ4v) is 4.25. The molecule has 3 nitrogen and oxygen atoms in total. The molecule has 29 heavy (non-hydrogen) atoms. The topological polar surface area (TPSA) is 42.0 Å². The van der Waals surface area contributed by atoms with E-state index in [1.165, 1.54) is 0 Å². The van der Waals surface area contributed by atoms with Crippen molar-refractivity contribution in [2.45, 2.75) is 6.92 Å². The second kappa shape index (κ2) is 8.38. The maximum Gasteiger partial charge on any atom is 0.256 e. The van der Waals surface area contributed by atoms with Crippen LogP contribution in [0.5, 0.6) is 0 Å². The summed E-state index contributed by atoms with van der Waals surface area (Å²) in [5.41, 5.74) is 4.85. The van der Waals surface area contributed by atoms with Crippen molar-refractivity contribution < 1.29 is 4.79 Å². The normalized spacial score (nSPS) is 10.9. The van der Waals surface area contributed by atoms with Crippen LogP contribution in [0.15, 0.2) is 80.1 Å². The van der Waals surface area contributed by atoms with Gasteiger partial charge in [-0.25, -0.2) is 4.98 Å². The number of carbonyl (C=O) groups is 1. The molecule has 0 atom stereocenters. The number of anilines is 1. The van der Waals surface area contributed by atoms with Gasteiger partial charge in [-0.2, -0.15) is 0 Å². The maximum absolute atomic E-state index is 13.2. The number of benzene rings is 3. The lowest BCUT2D eigenvalue weighted by atomic mass is 10.0. The van der Waals surface area contributed by atoms with E-state index in [-0.39, 0.29) is 5.91 Å². The number of halogens is 3. The minimum atomic E-state index is -0.171. The monoisotopic (exact) mass is 572 g/mol. The fraction of sp³-hybridized carbons (Fsp3) is 0.0435. The van der Waals surface area contributed by atoms with Crippen LogP contribution in [0.1, 0.15) is 15.9 Å². The quantitative estimate of drug-likeness (QED) is 0.272. The van der Waals surface area contributed by atoms with Crippen LogP contribution in [-0.2, 0) is 0 Å². The predicted molar refractivity (Wildman–Crippen MR) is 129 cm³/mol. The third kappa shape index (κ3) is 4.44. The van der Waals surface area contributed by atoms with Crippen LogP contribution in [0.2, 0.25) is 0 Å². The van der Waals surface area contributed by atoms with E-state index in [9.17, 15) is 4.79 Å². The number of pyridine rings is 1. The van der Waals surface area contributed by atoms with E-state index in [0.717, 1.165) is 46.8 Å². The number of aryl methyl sites for hydroxylation is 1. The second-order valence-corrected chi connectivity index (χ2v) is 9.39. The lowest BCUT2D eigenvalue weighted by molar-refractivity contribution is 0.102. The molecule has 6 heteroatoms. The van der Waals surface area contributed by atoms with Gasteiger partial charge in [0, 0.05) is 30.1 Å². The second-order valence-electron chi connectivity index (χ2n) is 6.64. The molecule has 1 N–H and O–H groups in total. The van der Waals surface area contributed by atoms with Gasteiger partial charge in [0.1, 0.15) is 0 Å². The summed E-state index contributed by atoms with van der Waals surface area (Å²) in [6.45, 7) is 2.00. The number of amides is 1. The molecule has 0 aliphatic heterocycles. The summed E-state index contributed by atoms with van der Waals surface area (Å²) in [7, 11) is 0. The molecule has 0 spiro atoms. The Balaban J connectivity index is 1.86. The molecule has 4 aromatic rings. The average Bonchev–Trinajstić information content (AvgIpc) is 2.69. The summed E-state index contributed by atoms with van der Waals surface area (Å²) in [6, 6.07) is 21.2. The molecule has 0 saturated carbocycles. The largest absolute Gasteiger partial charge is 0.322 e. The summed E-state index contributed by atoms with van der Waals surface area (Å²) in [5.74, 6) is -0.171. The number of nitrogens with one attached hydrogen (secondary N) is 1. The first-order valence-corrected chi connectivity index (χ1v) is 11.2. The molecule has 4 rings (SSSR count). The van der Waals surface area contributed by atoms with Crippen LogP contribution < -0.4 is 5.32 Å². The van der Waals surface area contributed by atoms with E-state index in [1.54, 1.807) is 0 Å². The highest BCUT2D eigenvalue weighted by Gasteiger charge is 2.16. The zero-order chi connectivity index (χ0) is 20.5. The molecule has 144 valence electrons. The molecule has 0 unspecified atom stereocenters. The smallest absolute Gasteiger partial charge is 0.256 e. The van der Waals surface area contributed by atoms with Gasteiger partial charge in [0.2, 0.25) is 0 Å². The van der Waals surface area contributed by atoms with Crippen LogP contribution in [-0.4, -0.2) is 10.9 Å². The van der Waals surface area contributed by atoms with Gasteiger partial charge in [0.05, 0.1) is 16.8 Å². The third-order valence-electron chi connectivity index (χ3n) is 4.56. The third-order valence-corrected chi connectivity index (χ3v) is 6.07. The molecule has 1 aromatic heterocycles. The number of fused-ring (bicyclic) bond motifs is 1. The standard InChI is InChI=1S/C23H15Br3N2O/c1-13-10-17(26)11-19-20(23(29)27-18-8-6-16(25)7-9-18)12-21(28-22(13)19)14-2-4-15(24)5-3-14/h2-12H,1H3,(H,27,29). The molecule has 0 radical (unpaired) electrons. The minimum absolute atomic E-state index is 0.171. The summed E-state index contributed by atoms with van der Waals surface area (Å²) in [5, 5.41) is 3.81. The van der Waals surface area contributed by atoms with Crippen molar-refractivity contribution in [2.75, 3.05) is 5.32 Å². The molecule has 0 fully saturated rings. The van der Waals surface area contributed by atoms with E-state index in [1.807, 2.05) is 73.7 Å². The Hall–Kier alpha value is -2.02. The first kappa shape index (κ1) is 20.3. The van der Waals surface area contributed by atoms with Crippen molar-refractivity contribution in [3.05, 3.63) is 91.3 Å². The lowest BCUT2D eigenvalue weighted by Gasteiger charge is -2.13. The summed E-state index contributed by atoms with van der Waals surface area (Å²) in [6.07, 6.45) is 0. The minimum Gasteiger partial charge on any atom is -0.322 e. The Bertz CT molecular complexity index is 1220. The van der Waals surface area contributed by atoms with Gasteiger partial charge in [-0.05, 0) is 67.1 Å². The van der Waals surface area contributed by atoms with Crippen LogP contribution >= 0.6 is 47.8 Å². The first-order valence-electron chi connectivity index (χ1n) is 8.84. The highest BCUT2D eigenvalue weighted by molar-refractivity contribution is 9.11. The van der Waals surface area contributed by atoms with E-state index in [4.69, 9.17) is 4.98 Å². The van der Waals surface area contributed by atoms with Crippen LogP contribution in [0.3, 0.4) is 0 Å². The number of hydrogen-bond acceptors (Lipinski definition) is 2. The lowest BCUT2D eigenvalue weighted by Crippen LogP contribution is -2.13. The Labute approximate surface area is 193 Å². The van der Waals surface area contributed by atoms with Gasteiger partial charge in [0.15, 0.2) is 0 Å². The summed E-state index contributed by atoms with van der Waals surface area (Å²) >= 11 is 10.4. The molecular formula is C23H15Br3N2O. The molecular weight excluding hydrogens is 560 g/mol. The zero-order valence-corrected chi connectivity index (χ0v) is 20.1. The van der Waals surface area contributed by atoms with E-state index < -0.39 is 0 Å². The number of aromatic nitrogens is 1. The van der Waals surface area contributed by atoms with Gasteiger partial charge >= 0.3 is 0 Å². The van der Waals surface area contributed by atoms with Crippen molar-refractivity contribution in [2.24, 2.45) is 0 Å². The first-order chi connectivity index (χ1) is 13.9. The van der Waals surface area contributed by atoms with Crippen LogP contribution in [0, 0.1) is 6.92 Å². The Morgan fingerprint density at radius 3 is 2.10 bits per heavy atom. The summed E-state index contributed by atoms with van der Waals surface area (Å²) < 4.78 is 2.87. The number of carbonyl (C=O) groups excluding carboxylic acids is 1. The van der Waals surface area contributed by atoms with E-state index in [2.05, 4.69) is 53.1 Å². The number of hydrogen-bond donors (Lipinski definition) is 1. The van der Waals surface area contributed by atoms with E-state index in [0.29, 0.717) is 5.56 Å². The van der Waals surface area contributed by atoms with Gasteiger partial charge in [-0.1, -0.05) is 59.9 Å². The Morgan fingerprint density at radius 1 is 0.828 bits per heavy atom. The highest BCUT2D eigenvalue weighted by Crippen LogP contribution is 2.30. The van der Waals surface area contributed by atoms with Gasteiger partial charge in [-0.3, -0.25) is 4.79 Å². The highest BCUT2D eigenvalue weighted by atomic mass is 79.9. The van der Waals surface area contributed by atoms with Crippen molar-refractivity contribution in [3.8, 4) is 11.3 Å². The summed E-state index contributed by atoms with van der Waals surface area (Å²) in [4.78, 5) is 18.1. The van der Waals surface area contributed by atoms with Crippen molar-refractivity contribution in [3.63, 3.8) is 0 Å². The molecule has 3 aromatic carbocycles. The number of rotatable bonds is 3. The Kier molecular flexibility index (Phi) is 5.86. The fourth-order valence-electron chi connectivity index (χ4n) is 3.14. The van der Waals surface area contributed by atoms with E-state index >= 15 is 0 Å². The SMILES string of the molecule is Cc1cc(Br)cc2c(C(=O)Nc3ccc(Br)cc3)cc(-c3ccc(Br)cc3)nc12. The Morgan fingerprint density at radius 2 is 1.45 bits per heavy atom. The van der Waals surface area contributed by atoms with Gasteiger partial charge in [0.25, 0.3) is 5.91 Å². The zero-order valence-electron chi connectivity index (χ0n) is 15.3. The van der Waals surface area contributed by atoms with Crippen molar-refractivity contribution in [1.29, 1.82) is 0 Å². The maximum atomic E-state index is 13.2. The van der Waals surface area contributed by atoms with Crippen LogP contribution in [0.4, 0.5) is 5.69 Å².